The van der Waals surface area contributed by atoms with Gasteiger partial charge in [-0.05, 0) is 30.7 Å². The van der Waals surface area contributed by atoms with Crippen molar-refractivity contribution in [2.45, 2.75) is 13.0 Å². The molecule has 0 amide bonds. The summed E-state index contributed by atoms with van der Waals surface area (Å²) in [7, 11) is 1.72. The smallest absolute Gasteiger partial charge is 0.225 e. The van der Waals surface area contributed by atoms with Crippen LogP contribution in [0.1, 0.15) is 18.5 Å². The number of benzene rings is 2. The normalized spacial score (nSPS) is 15.1. The van der Waals surface area contributed by atoms with Crippen LogP contribution in [0.4, 0.5) is 17.5 Å². The molecule has 1 saturated heterocycles. The van der Waals surface area contributed by atoms with Crippen molar-refractivity contribution in [3.63, 3.8) is 0 Å². The lowest BCUT2D eigenvalue weighted by atomic mass is 10.1. The Balaban J connectivity index is 1.41. The fourth-order valence-corrected chi connectivity index (χ4v) is 3.68. The first-order chi connectivity index (χ1) is 14.2. The first-order valence-corrected chi connectivity index (χ1v) is 10.0. The van der Waals surface area contributed by atoms with Crippen molar-refractivity contribution >= 4 is 17.5 Å². The number of aromatic nitrogens is 2. The number of hydrogen-bond acceptors (Lipinski definition) is 6. The minimum absolute atomic E-state index is 0.147. The lowest BCUT2D eigenvalue weighted by molar-refractivity contribution is 0.413. The summed E-state index contributed by atoms with van der Waals surface area (Å²) < 4.78 is 5.52. The largest absolute Gasteiger partial charge is 0.495 e. The zero-order valence-corrected chi connectivity index (χ0v) is 17.0. The summed E-state index contributed by atoms with van der Waals surface area (Å²) in [5, 5.41) is 3.41. The predicted octanol–water partition coefficient (Wildman–Crippen LogP) is 3.98. The fourth-order valence-electron chi connectivity index (χ4n) is 3.68. The van der Waals surface area contributed by atoms with Crippen LogP contribution in [0, 0.1) is 0 Å². The molecule has 2 aromatic carbocycles. The maximum absolute atomic E-state index is 5.52. The molecule has 1 aliphatic rings. The van der Waals surface area contributed by atoms with Crippen LogP contribution in [-0.4, -0.2) is 43.3 Å². The van der Waals surface area contributed by atoms with Gasteiger partial charge in [0.1, 0.15) is 11.6 Å². The van der Waals surface area contributed by atoms with E-state index in [1.54, 1.807) is 7.11 Å². The Kier molecular flexibility index (Phi) is 5.79. The molecular formula is C23H27N5O. The molecule has 0 aliphatic carbocycles. The summed E-state index contributed by atoms with van der Waals surface area (Å²) in [6.45, 7) is 5.78. The average Bonchev–Trinajstić information content (AvgIpc) is 2.80. The van der Waals surface area contributed by atoms with Crippen LogP contribution in [0.2, 0.25) is 0 Å². The third-order valence-corrected chi connectivity index (χ3v) is 5.32. The molecule has 6 nitrogen and oxygen atoms in total. The van der Waals surface area contributed by atoms with Gasteiger partial charge >= 0.3 is 0 Å². The lowest BCUT2D eigenvalue weighted by Gasteiger charge is -2.37. The number of rotatable bonds is 6. The van der Waals surface area contributed by atoms with E-state index in [2.05, 4.69) is 51.3 Å². The van der Waals surface area contributed by atoms with E-state index in [-0.39, 0.29) is 6.04 Å². The molecule has 150 valence electrons. The van der Waals surface area contributed by atoms with E-state index in [1.165, 1.54) is 5.56 Å². The van der Waals surface area contributed by atoms with Crippen LogP contribution in [-0.2, 0) is 0 Å². The Morgan fingerprint density at radius 3 is 2.34 bits per heavy atom. The van der Waals surface area contributed by atoms with Gasteiger partial charge in [0, 0.05) is 32.4 Å². The van der Waals surface area contributed by atoms with E-state index >= 15 is 0 Å². The van der Waals surface area contributed by atoms with E-state index < -0.39 is 0 Å². The highest BCUT2D eigenvalue weighted by Crippen LogP contribution is 2.29. The third kappa shape index (κ3) is 4.42. The lowest BCUT2D eigenvalue weighted by Crippen LogP contribution is -2.47. The van der Waals surface area contributed by atoms with E-state index in [1.807, 2.05) is 42.6 Å². The zero-order valence-electron chi connectivity index (χ0n) is 17.0. The standard InChI is InChI=1S/C23H27N5O/c1-18(19-8-4-3-5-9-19)25-23-24-13-12-22(26-23)28-16-14-27(15-17-28)20-10-6-7-11-21(20)29-2/h3-13,18H,14-17H2,1-2H3,(H,24,25,26). The van der Waals surface area contributed by atoms with Crippen molar-refractivity contribution < 1.29 is 4.74 Å². The Hall–Kier alpha value is -3.28. The summed E-state index contributed by atoms with van der Waals surface area (Å²) in [5.41, 5.74) is 2.36. The minimum atomic E-state index is 0.147. The van der Waals surface area contributed by atoms with Crippen LogP contribution < -0.4 is 19.9 Å². The van der Waals surface area contributed by atoms with Gasteiger partial charge in [0.2, 0.25) is 5.95 Å². The Morgan fingerprint density at radius 2 is 1.59 bits per heavy atom. The second-order valence-electron chi connectivity index (χ2n) is 7.16. The van der Waals surface area contributed by atoms with Gasteiger partial charge in [-0.3, -0.25) is 0 Å². The number of ether oxygens (including phenoxy) is 1. The van der Waals surface area contributed by atoms with Crippen LogP contribution >= 0.6 is 0 Å². The van der Waals surface area contributed by atoms with Gasteiger partial charge in [-0.15, -0.1) is 0 Å². The fraction of sp³-hybridized carbons (Fsp3) is 0.304. The molecule has 1 unspecified atom stereocenters. The topological polar surface area (TPSA) is 53.5 Å². The maximum atomic E-state index is 5.52. The molecule has 0 saturated carbocycles. The molecule has 3 aromatic rings. The van der Waals surface area contributed by atoms with Crippen LogP contribution in [0.25, 0.3) is 0 Å². The summed E-state index contributed by atoms with van der Waals surface area (Å²) in [6.07, 6.45) is 1.83. The number of hydrogen-bond donors (Lipinski definition) is 1. The molecule has 4 rings (SSSR count). The highest BCUT2D eigenvalue weighted by Gasteiger charge is 2.21. The maximum Gasteiger partial charge on any atom is 0.225 e. The van der Waals surface area contributed by atoms with Crippen LogP contribution in [0.15, 0.2) is 66.9 Å². The Morgan fingerprint density at radius 1 is 0.897 bits per heavy atom. The summed E-state index contributed by atoms with van der Waals surface area (Å²) in [6, 6.07) is 20.7. The number of nitrogens with one attached hydrogen (secondary N) is 1. The summed E-state index contributed by atoms with van der Waals surface area (Å²) in [5.74, 6) is 2.54. The SMILES string of the molecule is COc1ccccc1N1CCN(c2ccnc(NC(C)c3ccccc3)n2)CC1. The van der Waals surface area contributed by atoms with Gasteiger partial charge in [-0.1, -0.05) is 42.5 Å². The molecular weight excluding hydrogens is 362 g/mol. The van der Waals surface area contributed by atoms with Crippen molar-refractivity contribution in [3.8, 4) is 5.75 Å². The molecule has 0 spiro atoms. The second-order valence-corrected chi connectivity index (χ2v) is 7.16. The number of anilines is 3. The highest BCUT2D eigenvalue weighted by atomic mass is 16.5. The van der Waals surface area contributed by atoms with E-state index in [0.29, 0.717) is 5.95 Å². The average molecular weight is 390 g/mol. The number of piperazine rings is 1. The van der Waals surface area contributed by atoms with Crippen LogP contribution in [0.5, 0.6) is 5.75 Å². The van der Waals surface area contributed by atoms with Gasteiger partial charge in [-0.2, -0.15) is 4.98 Å². The van der Waals surface area contributed by atoms with Crippen molar-refractivity contribution in [1.29, 1.82) is 0 Å². The van der Waals surface area contributed by atoms with E-state index in [0.717, 1.165) is 43.4 Å². The summed E-state index contributed by atoms with van der Waals surface area (Å²) in [4.78, 5) is 13.8. The first-order valence-electron chi connectivity index (χ1n) is 10.0. The van der Waals surface area contributed by atoms with E-state index in [4.69, 9.17) is 9.72 Å². The van der Waals surface area contributed by atoms with Gasteiger partial charge < -0.3 is 19.9 Å². The molecule has 1 aliphatic heterocycles. The number of methoxy groups -OCH3 is 1. The number of nitrogens with zero attached hydrogens (tertiary/aromatic N) is 4. The molecule has 29 heavy (non-hydrogen) atoms. The van der Waals surface area contributed by atoms with Crippen LogP contribution in [0.3, 0.4) is 0 Å². The third-order valence-electron chi connectivity index (χ3n) is 5.32. The van der Waals surface area contributed by atoms with Crippen molar-refractivity contribution in [3.05, 3.63) is 72.4 Å². The second kappa shape index (κ2) is 8.82. The number of para-hydroxylation sites is 2. The van der Waals surface area contributed by atoms with E-state index in [9.17, 15) is 0 Å². The van der Waals surface area contributed by atoms with Crippen molar-refractivity contribution in [2.75, 3.05) is 48.4 Å². The summed E-state index contributed by atoms with van der Waals surface area (Å²) >= 11 is 0. The molecule has 2 heterocycles. The zero-order chi connectivity index (χ0) is 20.1. The molecule has 0 radical (unpaired) electrons. The molecule has 6 heteroatoms. The molecule has 1 N–H and O–H groups in total. The predicted molar refractivity (Wildman–Crippen MR) is 118 cm³/mol. The molecule has 0 bridgehead atoms. The monoisotopic (exact) mass is 389 g/mol. The highest BCUT2D eigenvalue weighted by molar-refractivity contribution is 5.59. The Labute approximate surface area is 172 Å². The van der Waals surface area contributed by atoms with Crippen molar-refractivity contribution in [2.24, 2.45) is 0 Å². The van der Waals surface area contributed by atoms with Gasteiger partial charge in [0.25, 0.3) is 0 Å². The van der Waals surface area contributed by atoms with Gasteiger partial charge in [-0.25, -0.2) is 4.98 Å². The molecule has 1 atom stereocenters. The molecule has 1 aromatic heterocycles. The molecule has 1 fully saturated rings. The van der Waals surface area contributed by atoms with Gasteiger partial charge in [0.05, 0.1) is 18.8 Å². The first kappa shape index (κ1) is 19.1. The minimum Gasteiger partial charge on any atom is -0.495 e. The van der Waals surface area contributed by atoms with Gasteiger partial charge in [0.15, 0.2) is 0 Å². The van der Waals surface area contributed by atoms with Crippen molar-refractivity contribution in [1.82, 2.24) is 9.97 Å². The quantitative estimate of drug-likeness (QED) is 0.688. The Bertz CT molecular complexity index is 925.